The monoisotopic (exact) mass is 1950 g/mol. The minimum Gasteiger partial charge on any atom is -0.497 e. The molecule has 0 atom stereocenters. The molecule has 1 aliphatic rings. The highest BCUT2D eigenvalue weighted by atomic mass is 32.2. The Hall–Kier alpha value is -16.2. The van der Waals surface area contributed by atoms with Gasteiger partial charge in [0.2, 0.25) is 37.6 Å². The fourth-order valence-electron chi connectivity index (χ4n) is 12.6. The van der Waals surface area contributed by atoms with Crippen molar-refractivity contribution in [3.05, 3.63) is 310 Å². The van der Waals surface area contributed by atoms with Crippen LogP contribution in [-0.2, 0) is 49.7 Å². The highest BCUT2D eigenvalue weighted by Gasteiger charge is 2.26. The second-order valence-corrected chi connectivity index (χ2v) is 33.6. The summed E-state index contributed by atoms with van der Waals surface area (Å²) in [6.45, 7) is 0.706. The predicted molar refractivity (Wildman–Crippen MR) is 499 cm³/mol. The molecule has 46 heteroatoms. The summed E-state index contributed by atoms with van der Waals surface area (Å²) < 4.78 is 25.3. The number of rotatable bonds is 36. The molecule has 0 radical (unpaired) electrons. The number of ketones is 3. The number of anilines is 2. The number of tetrazole rings is 5. The number of hydrogen-bond donors (Lipinski definition) is 6. The average molecular weight is 1950 g/mol. The fourth-order valence-corrected chi connectivity index (χ4v) is 16.5. The SMILES string of the molecule is CN(C(=O)CSc1nnnn1-c1ccc(C(=O)O)cc1)c1ccccc1.COc1ccc(CCC(=O)CSc2nnnn2-c2ccc(C(=O)O)cc2)cc1.O=C(CCc1ccc(F)cc1)CSc1nnnn1-c1ccc(C(=O)O)cc1.O=C(CSc1nnnn1-c1ccc(C(=O)O)cc1)Cc1ccccc1C(=O)O.O=C(O)c1ccc(-n2nnnc2SCC(=O)N2CCCc3ccccc32)cc1. The number of Topliss-reactive ketones (excluding diaryl/α,β-unsaturated/α-hetero) is 3. The largest absolute Gasteiger partial charge is 0.497 e. The highest BCUT2D eigenvalue weighted by molar-refractivity contribution is 8.00. The van der Waals surface area contributed by atoms with Crippen LogP contribution in [0.3, 0.4) is 0 Å². The van der Waals surface area contributed by atoms with Crippen molar-refractivity contribution in [2.75, 3.05) is 59.3 Å². The van der Waals surface area contributed by atoms with E-state index in [4.69, 9.17) is 30.3 Å². The van der Waals surface area contributed by atoms with Gasteiger partial charge in [0, 0.05) is 44.2 Å². The zero-order valence-electron chi connectivity index (χ0n) is 72.2. The smallest absolute Gasteiger partial charge is 0.335 e. The summed E-state index contributed by atoms with van der Waals surface area (Å²) in [4.78, 5) is 131. The molecule has 2 amide bonds. The van der Waals surface area contributed by atoms with Crippen LogP contribution in [0.25, 0.3) is 28.4 Å². The van der Waals surface area contributed by atoms with Gasteiger partial charge < -0.3 is 45.2 Å². The van der Waals surface area contributed by atoms with E-state index in [9.17, 15) is 62.2 Å². The second kappa shape index (κ2) is 49.5. The lowest BCUT2D eigenvalue weighted by Gasteiger charge is -2.29. The van der Waals surface area contributed by atoms with Crippen molar-refractivity contribution in [1.82, 2.24) is 101 Å². The first-order chi connectivity index (χ1) is 66.2. The zero-order chi connectivity index (χ0) is 97.3. The number of aryl methyl sites for hydroxylation is 3. The lowest BCUT2D eigenvalue weighted by Crippen LogP contribution is -2.36. The van der Waals surface area contributed by atoms with Crippen LogP contribution in [-0.4, -0.2) is 246 Å². The number of carbonyl (C=O) groups excluding carboxylic acids is 5. The number of carbonyl (C=O) groups is 11. The van der Waals surface area contributed by atoms with Crippen LogP contribution in [0.1, 0.15) is 104 Å². The van der Waals surface area contributed by atoms with E-state index >= 15 is 0 Å². The number of halogens is 1. The maximum Gasteiger partial charge on any atom is 0.335 e. The molecule has 40 nitrogen and oxygen atoms in total. The van der Waals surface area contributed by atoms with Crippen molar-refractivity contribution < 1.29 is 92.5 Å². The first kappa shape index (κ1) is 99.8. The molecular weight excluding hydrogens is 1870 g/mol. The van der Waals surface area contributed by atoms with Crippen LogP contribution >= 0.6 is 58.8 Å². The van der Waals surface area contributed by atoms with E-state index in [0.29, 0.717) is 92.0 Å². The van der Waals surface area contributed by atoms with Crippen molar-refractivity contribution >= 4 is 135 Å². The summed E-state index contributed by atoms with van der Waals surface area (Å²) in [7, 11) is 3.33. The molecular formula is C91H79FN22O18S5. The Morgan fingerprint density at radius 3 is 1.08 bits per heavy atom. The Kier molecular flexibility index (Phi) is 36.1. The molecule has 0 aliphatic carbocycles. The minimum absolute atomic E-state index is 0.00734. The molecule has 0 bridgehead atoms. The molecule has 16 rings (SSSR count). The number of amides is 2. The van der Waals surface area contributed by atoms with Gasteiger partial charge in [0.05, 0.1) is 97.7 Å². The lowest BCUT2D eigenvalue weighted by atomic mass is 10.0. The number of ether oxygens (including phenoxy) is 1. The van der Waals surface area contributed by atoms with Crippen LogP contribution in [0.4, 0.5) is 15.8 Å². The number of benzene rings is 10. The van der Waals surface area contributed by atoms with Gasteiger partial charge in [-0.2, -0.15) is 23.4 Å². The number of aromatic nitrogens is 20. The third kappa shape index (κ3) is 28.7. The van der Waals surface area contributed by atoms with Gasteiger partial charge in [0.15, 0.2) is 0 Å². The number of fused-ring (bicyclic) bond motifs is 1. The summed E-state index contributed by atoms with van der Waals surface area (Å²) in [5.74, 6) is -4.88. The Bertz CT molecular complexity index is 6720. The van der Waals surface area contributed by atoms with Gasteiger partial charge >= 0.3 is 35.8 Å². The van der Waals surface area contributed by atoms with Crippen LogP contribution < -0.4 is 14.5 Å². The lowest BCUT2D eigenvalue weighted by molar-refractivity contribution is -0.117. The number of hydrogen-bond acceptors (Lipinski definition) is 32. The Balaban J connectivity index is 0.000000154. The molecule has 0 unspecified atom stereocenters. The summed E-state index contributed by atoms with van der Waals surface area (Å²) in [5, 5.41) is 114. The minimum atomic E-state index is -1.08. The Morgan fingerprint density at radius 2 is 0.708 bits per heavy atom. The van der Waals surface area contributed by atoms with Gasteiger partial charge in [-0.05, 0) is 270 Å². The number of carboxylic acids is 6. The predicted octanol–water partition coefficient (Wildman–Crippen LogP) is 12.0. The molecule has 137 heavy (non-hydrogen) atoms. The van der Waals surface area contributed by atoms with Gasteiger partial charge in [-0.25, -0.2) is 33.2 Å². The molecule has 6 heterocycles. The highest BCUT2D eigenvalue weighted by Crippen LogP contribution is 2.31. The first-order valence-corrected chi connectivity index (χ1v) is 45.8. The number of para-hydroxylation sites is 2. The van der Waals surface area contributed by atoms with E-state index in [-0.39, 0.29) is 104 Å². The molecule has 5 aromatic heterocycles. The van der Waals surface area contributed by atoms with Crippen molar-refractivity contribution in [3.63, 3.8) is 0 Å². The Morgan fingerprint density at radius 1 is 0.372 bits per heavy atom. The normalized spacial score (nSPS) is 11.1. The van der Waals surface area contributed by atoms with E-state index in [1.54, 1.807) is 110 Å². The van der Waals surface area contributed by atoms with Gasteiger partial charge in [-0.15, -0.1) is 25.5 Å². The number of carboxylic acid groups (broad SMARTS) is 6. The maximum atomic E-state index is 12.9. The maximum absolute atomic E-state index is 12.9. The summed E-state index contributed by atoms with van der Waals surface area (Å²) in [6.07, 6.45) is 3.89. The second-order valence-electron chi connectivity index (χ2n) is 28.9. The summed E-state index contributed by atoms with van der Waals surface area (Å²) >= 11 is 6.03. The van der Waals surface area contributed by atoms with E-state index in [2.05, 4.69) is 83.7 Å². The summed E-state index contributed by atoms with van der Waals surface area (Å²) in [6, 6.07) is 68.1. The quantitative estimate of drug-likeness (QED) is 0.0199. The number of thioether (sulfide) groups is 5. The molecule has 0 fully saturated rings. The van der Waals surface area contributed by atoms with E-state index in [0.717, 1.165) is 52.9 Å². The fraction of sp³-hybridized carbons (Fsp3) is 0.165. The molecule has 698 valence electrons. The molecule has 1 aliphatic heterocycles. The number of methoxy groups -OCH3 is 1. The van der Waals surface area contributed by atoms with Gasteiger partial charge in [-0.3, -0.25) is 24.0 Å². The van der Waals surface area contributed by atoms with Crippen LogP contribution in [0.2, 0.25) is 0 Å². The molecule has 0 saturated heterocycles. The van der Waals surface area contributed by atoms with E-state index < -0.39 is 35.8 Å². The van der Waals surface area contributed by atoms with Crippen molar-refractivity contribution in [2.45, 2.75) is 70.7 Å². The first-order valence-electron chi connectivity index (χ1n) is 40.9. The molecule has 0 saturated carbocycles. The summed E-state index contributed by atoms with van der Waals surface area (Å²) in [5.41, 5.74) is 9.38. The van der Waals surface area contributed by atoms with Crippen molar-refractivity contribution in [2.24, 2.45) is 0 Å². The van der Waals surface area contributed by atoms with Crippen LogP contribution in [0.5, 0.6) is 5.75 Å². The zero-order valence-corrected chi connectivity index (χ0v) is 76.3. The Labute approximate surface area is 798 Å². The van der Waals surface area contributed by atoms with Crippen LogP contribution in [0, 0.1) is 5.82 Å². The van der Waals surface area contributed by atoms with Gasteiger partial charge in [-0.1, -0.05) is 138 Å². The number of aromatic carboxylic acids is 6. The van der Waals surface area contributed by atoms with Crippen LogP contribution in [0.15, 0.2) is 275 Å². The average Bonchev–Trinajstić information content (AvgIpc) is 1.81. The van der Waals surface area contributed by atoms with Crippen molar-refractivity contribution in [1.29, 1.82) is 0 Å². The van der Waals surface area contributed by atoms with E-state index in [1.807, 2.05) is 77.7 Å². The van der Waals surface area contributed by atoms with Gasteiger partial charge in [0.1, 0.15) is 28.9 Å². The van der Waals surface area contributed by atoms with E-state index in [1.165, 1.54) is 155 Å². The van der Waals surface area contributed by atoms with Gasteiger partial charge in [0.25, 0.3) is 0 Å². The number of nitrogens with zero attached hydrogens (tertiary/aromatic N) is 22. The standard InChI is InChI=1S/C19H17N5O3S.C19H18N4O4S.C18H15FN4O3S.C18H14N4O5S.C17H15N5O3S/c25-17(23-11-3-5-13-4-1-2-6-16(13)23)12-28-19-20-21-22-24(19)15-9-7-14(8-10-15)18(26)27;1-27-17-10-3-13(4-11-17)2-9-16(24)12-28-19-20-21-22-23(19)15-7-5-14(6-8-15)18(25)26;19-14-6-1-12(2-7-14)3-10-16(24)11-27-18-20-21-22-23(18)15-8-4-13(5-9-15)17(25)26;23-14(9-12-3-1-2-4-15(12)17(26)27)10-28-18-19-20-21-22(18)13-7-5-11(6-8-13)16(24)25;1-21(13-5-3-2-4-6-13)15(23)11-26-17-18-19-20-22(17)14-9-7-12(8-10-14)16(24)25/h1-2,4,6-10H,3,5,11-12H2,(H,26,27);3-8,10-11H,2,9,12H2,1H3,(H,25,26);1-2,4-9H,3,10-11H2,(H,25,26);1-8H,9-10H2,(H,24,25)(H,26,27);2-10H,11H2,1H3,(H,24,25). The van der Waals surface area contributed by atoms with Crippen molar-refractivity contribution in [3.8, 4) is 34.2 Å². The third-order valence-electron chi connectivity index (χ3n) is 19.8. The molecule has 10 aromatic carbocycles. The molecule has 15 aromatic rings. The third-order valence-corrected chi connectivity index (χ3v) is 24.5. The molecule has 0 spiro atoms. The molecule has 6 N–H and O–H groups in total. The topological polar surface area (TPSA) is 543 Å².